The Morgan fingerprint density at radius 2 is 1.69 bits per heavy atom. The number of nitrogens with zero attached hydrogens (tertiary/aromatic N) is 2. The van der Waals surface area contributed by atoms with Gasteiger partial charge in [-0.15, -0.1) is 0 Å². The van der Waals surface area contributed by atoms with Crippen LogP contribution in [-0.4, -0.2) is 62.8 Å². The average Bonchev–Trinajstić information content (AvgIpc) is 3.27. The Morgan fingerprint density at radius 1 is 1.00 bits per heavy atom. The summed E-state index contributed by atoms with van der Waals surface area (Å²) in [6.45, 7) is 1.66. The summed E-state index contributed by atoms with van der Waals surface area (Å²) in [6, 6.07) is 12.3. The summed E-state index contributed by atoms with van der Waals surface area (Å²) in [5, 5.41) is 1.09. The molecule has 1 N–H and O–H groups in total. The van der Waals surface area contributed by atoms with E-state index in [1.165, 1.54) is 12.3 Å². The van der Waals surface area contributed by atoms with Crippen LogP contribution in [-0.2, 0) is 14.8 Å². The number of rotatable bonds is 7. The summed E-state index contributed by atoms with van der Waals surface area (Å²) in [5.74, 6) is -0.0624. The summed E-state index contributed by atoms with van der Waals surface area (Å²) in [4.78, 5) is 27.8. The zero-order valence-electron chi connectivity index (χ0n) is 15.9. The van der Waals surface area contributed by atoms with Crippen LogP contribution in [0, 0.1) is 0 Å². The van der Waals surface area contributed by atoms with Gasteiger partial charge in [0.1, 0.15) is 0 Å². The number of amides is 2. The Labute approximate surface area is 169 Å². The van der Waals surface area contributed by atoms with Crippen molar-refractivity contribution in [3.05, 3.63) is 65.5 Å². The Bertz CT molecular complexity index is 947. The van der Waals surface area contributed by atoms with Crippen molar-refractivity contribution in [2.75, 3.05) is 32.7 Å². The van der Waals surface area contributed by atoms with Crippen molar-refractivity contribution < 1.29 is 22.4 Å². The van der Waals surface area contributed by atoms with Crippen LogP contribution in [0.25, 0.3) is 6.08 Å². The molecular formula is C20H23N3O5S. The highest BCUT2D eigenvalue weighted by atomic mass is 32.2. The number of nitrogens with one attached hydrogen (secondary N) is 1. The van der Waals surface area contributed by atoms with Gasteiger partial charge in [-0.2, -0.15) is 0 Å². The fraction of sp³-hybridized carbons (Fsp3) is 0.300. The normalized spacial score (nSPS) is 15.0. The number of benzene rings is 1. The van der Waals surface area contributed by atoms with Gasteiger partial charge in [-0.25, -0.2) is 13.1 Å². The van der Waals surface area contributed by atoms with Gasteiger partial charge in [0.15, 0.2) is 5.76 Å². The van der Waals surface area contributed by atoms with Crippen molar-refractivity contribution in [1.82, 2.24) is 14.5 Å². The van der Waals surface area contributed by atoms with E-state index in [0.717, 1.165) is 11.0 Å². The molecule has 154 valence electrons. The van der Waals surface area contributed by atoms with Crippen molar-refractivity contribution in [3.63, 3.8) is 0 Å². The second kappa shape index (κ2) is 9.53. The molecule has 2 heterocycles. The molecular weight excluding hydrogens is 394 g/mol. The molecule has 1 aromatic heterocycles. The van der Waals surface area contributed by atoms with E-state index in [2.05, 4.69) is 4.72 Å². The first-order valence-electron chi connectivity index (χ1n) is 9.28. The largest absolute Gasteiger partial charge is 0.459 e. The topological polar surface area (TPSA) is 99.9 Å². The number of carbonyl (C=O) groups is 2. The lowest BCUT2D eigenvalue weighted by atomic mass is 10.2. The Hall–Kier alpha value is -2.91. The lowest BCUT2D eigenvalue weighted by Crippen LogP contribution is -2.50. The van der Waals surface area contributed by atoms with Gasteiger partial charge >= 0.3 is 0 Å². The molecule has 1 saturated heterocycles. The van der Waals surface area contributed by atoms with E-state index in [-0.39, 0.29) is 30.5 Å². The molecule has 0 spiro atoms. The van der Waals surface area contributed by atoms with Crippen LogP contribution in [0.15, 0.2) is 58.6 Å². The zero-order valence-corrected chi connectivity index (χ0v) is 16.7. The minimum atomic E-state index is -3.62. The van der Waals surface area contributed by atoms with Crippen LogP contribution in [0.5, 0.6) is 0 Å². The summed E-state index contributed by atoms with van der Waals surface area (Å²) in [7, 11) is -3.62. The van der Waals surface area contributed by atoms with E-state index in [1.54, 1.807) is 34.1 Å². The summed E-state index contributed by atoms with van der Waals surface area (Å²) < 4.78 is 31.6. The number of hydrogen-bond acceptors (Lipinski definition) is 5. The lowest BCUT2D eigenvalue weighted by Gasteiger charge is -2.34. The molecule has 1 fully saturated rings. The smallest absolute Gasteiger partial charge is 0.289 e. The highest BCUT2D eigenvalue weighted by Gasteiger charge is 2.25. The van der Waals surface area contributed by atoms with Crippen LogP contribution in [0.3, 0.4) is 0 Å². The van der Waals surface area contributed by atoms with E-state index in [9.17, 15) is 18.0 Å². The maximum Gasteiger partial charge on any atom is 0.289 e. The van der Waals surface area contributed by atoms with E-state index in [1.807, 2.05) is 18.2 Å². The van der Waals surface area contributed by atoms with Gasteiger partial charge in [-0.3, -0.25) is 9.59 Å². The van der Waals surface area contributed by atoms with Crippen molar-refractivity contribution in [2.24, 2.45) is 0 Å². The molecule has 0 radical (unpaired) electrons. The molecule has 0 unspecified atom stereocenters. The van der Waals surface area contributed by atoms with Crippen molar-refractivity contribution >= 4 is 27.9 Å². The van der Waals surface area contributed by atoms with Gasteiger partial charge in [-0.1, -0.05) is 30.3 Å². The molecule has 1 aliphatic rings. The Balaban J connectivity index is 1.41. The SMILES string of the molecule is O=C(CCNS(=O)(=O)/C=C/c1ccccc1)N1CCN(C(=O)c2ccco2)CC1. The van der Waals surface area contributed by atoms with Gasteiger partial charge in [0.2, 0.25) is 15.9 Å². The Morgan fingerprint density at radius 3 is 2.34 bits per heavy atom. The summed E-state index contributed by atoms with van der Waals surface area (Å²) >= 11 is 0. The van der Waals surface area contributed by atoms with E-state index in [4.69, 9.17) is 4.42 Å². The van der Waals surface area contributed by atoms with Gasteiger partial charge in [0.25, 0.3) is 5.91 Å². The number of furan rings is 1. The van der Waals surface area contributed by atoms with Crippen molar-refractivity contribution in [2.45, 2.75) is 6.42 Å². The molecule has 2 aromatic rings. The molecule has 29 heavy (non-hydrogen) atoms. The third kappa shape index (κ3) is 6.03. The molecule has 8 nitrogen and oxygen atoms in total. The van der Waals surface area contributed by atoms with Crippen LogP contribution in [0.2, 0.25) is 0 Å². The number of sulfonamides is 1. The lowest BCUT2D eigenvalue weighted by molar-refractivity contribution is -0.132. The van der Waals surface area contributed by atoms with Gasteiger partial charge in [-0.05, 0) is 23.8 Å². The van der Waals surface area contributed by atoms with E-state index >= 15 is 0 Å². The van der Waals surface area contributed by atoms with E-state index in [0.29, 0.717) is 26.2 Å². The molecule has 0 atom stereocenters. The summed E-state index contributed by atoms with van der Waals surface area (Å²) in [6.07, 6.45) is 3.01. The third-order valence-electron chi connectivity index (χ3n) is 4.53. The minimum Gasteiger partial charge on any atom is -0.459 e. The molecule has 0 saturated carbocycles. The molecule has 0 aliphatic carbocycles. The quantitative estimate of drug-likeness (QED) is 0.737. The van der Waals surface area contributed by atoms with Gasteiger partial charge in [0.05, 0.1) is 6.26 Å². The maximum absolute atomic E-state index is 12.3. The molecule has 2 amide bonds. The fourth-order valence-corrected chi connectivity index (χ4v) is 3.77. The number of carbonyl (C=O) groups excluding carboxylic acids is 2. The van der Waals surface area contributed by atoms with E-state index < -0.39 is 10.0 Å². The highest BCUT2D eigenvalue weighted by molar-refractivity contribution is 7.92. The minimum absolute atomic E-state index is 0.0197. The highest BCUT2D eigenvalue weighted by Crippen LogP contribution is 2.10. The van der Waals surface area contributed by atoms with Crippen molar-refractivity contribution in [3.8, 4) is 0 Å². The molecule has 0 bridgehead atoms. The first-order chi connectivity index (χ1) is 13.9. The predicted octanol–water partition coefficient (Wildman–Crippen LogP) is 1.54. The van der Waals surface area contributed by atoms with Crippen LogP contribution < -0.4 is 4.72 Å². The molecule has 9 heteroatoms. The van der Waals surface area contributed by atoms with Gasteiger partial charge in [0, 0.05) is 44.6 Å². The molecule has 1 aliphatic heterocycles. The van der Waals surface area contributed by atoms with Crippen LogP contribution in [0.1, 0.15) is 22.5 Å². The monoisotopic (exact) mass is 417 g/mol. The second-order valence-corrected chi connectivity index (χ2v) is 8.20. The fourth-order valence-electron chi connectivity index (χ4n) is 2.95. The standard InChI is InChI=1S/C20H23N3O5S/c24-19(8-10-21-29(26,27)16-9-17-5-2-1-3-6-17)22-11-13-23(14-12-22)20(25)18-7-4-15-28-18/h1-7,9,15-16,21H,8,10-14H2/b16-9+. The maximum atomic E-state index is 12.3. The molecule has 1 aromatic carbocycles. The molecule has 3 rings (SSSR count). The number of hydrogen-bond donors (Lipinski definition) is 1. The predicted molar refractivity (Wildman–Crippen MR) is 108 cm³/mol. The first kappa shape index (κ1) is 20.8. The Kier molecular flexibility index (Phi) is 6.84. The van der Waals surface area contributed by atoms with Crippen LogP contribution >= 0.6 is 0 Å². The summed E-state index contributed by atoms with van der Waals surface area (Å²) in [5.41, 5.74) is 0.774. The average molecular weight is 417 g/mol. The van der Waals surface area contributed by atoms with Gasteiger partial charge < -0.3 is 14.2 Å². The van der Waals surface area contributed by atoms with Crippen LogP contribution in [0.4, 0.5) is 0 Å². The third-order valence-corrected chi connectivity index (χ3v) is 5.63. The zero-order chi connectivity index (χ0) is 20.7. The second-order valence-electron chi connectivity index (χ2n) is 6.55. The van der Waals surface area contributed by atoms with Crippen molar-refractivity contribution in [1.29, 1.82) is 0 Å². The first-order valence-corrected chi connectivity index (χ1v) is 10.8. The number of piperazine rings is 1.